The van der Waals surface area contributed by atoms with Crippen LogP contribution in [0.5, 0.6) is 17.2 Å². The zero-order chi connectivity index (χ0) is 20.7. The number of aromatic hydroxyl groups is 1. The molecule has 1 fully saturated rings. The summed E-state index contributed by atoms with van der Waals surface area (Å²) in [5, 5.41) is 10.5. The van der Waals surface area contributed by atoms with E-state index in [9.17, 15) is 9.90 Å². The first kappa shape index (κ1) is 18.9. The topological polar surface area (TPSA) is 59.0 Å². The normalized spacial score (nSPS) is 22.2. The van der Waals surface area contributed by atoms with Gasteiger partial charge in [-0.05, 0) is 68.8 Å². The fourth-order valence-electron chi connectivity index (χ4n) is 4.36. The number of piperidine rings is 1. The molecule has 3 aliphatic rings. The van der Waals surface area contributed by atoms with Gasteiger partial charge >= 0.3 is 0 Å². The van der Waals surface area contributed by atoms with Crippen molar-refractivity contribution in [1.82, 2.24) is 4.90 Å². The minimum absolute atomic E-state index is 0.156. The van der Waals surface area contributed by atoms with Gasteiger partial charge in [-0.25, -0.2) is 0 Å². The van der Waals surface area contributed by atoms with E-state index in [-0.39, 0.29) is 23.4 Å². The maximum atomic E-state index is 13.0. The number of rotatable bonds is 3. The zero-order valence-corrected chi connectivity index (χ0v) is 17.1. The molecule has 0 aromatic heterocycles. The number of likely N-dealkylation sites (tertiary alicyclic amines) is 1. The lowest BCUT2D eigenvalue weighted by molar-refractivity contribution is 0.101. The number of phenolic OH excluding ortho intramolecular Hbond substituents is 1. The molecule has 30 heavy (non-hydrogen) atoms. The molecule has 0 radical (unpaired) electrons. The van der Waals surface area contributed by atoms with Crippen molar-refractivity contribution < 1.29 is 19.4 Å². The quantitative estimate of drug-likeness (QED) is 0.753. The number of nitrogens with zero attached hydrogens (tertiary/aromatic N) is 1. The highest BCUT2D eigenvalue weighted by molar-refractivity contribution is 6.13. The lowest BCUT2D eigenvalue weighted by Crippen LogP contribution is -2.29. The zero-order valence-electron chi connectivity index (χ0n) is 17.1. The van der Waals surface area contributed by atoms with Gasteiger partial charge in [-0.1, -0.05) is 24.6 Å². The van der Waals surface area contributed by atoms with Gasteiger partial charge in [-0.2, -0.15) is 0 Å². The summed E-state index contributed by atoms with van der Waals surface area (Å²) in [6, 6.07) is 11.1. The first-order chi connectivity index (χ1) is 14.6. The molecule has 5 nitrogen and oxygen atoms in total. The third-order valence-electron chi connectivity index (χ3n) is 6.06. The molecule has 0 bridgehead atoms. The Morgan fingerprint density at radius 1 is 1.13 bits per heavy atom. The van der Waals surface area contributed by atoms with Crippen LogP contribution in [0, 0.1) is 0 Å². The summed E-state index contributed by atoms with van der Waals surface area (Å²) in [5.74, 6) is 1.62. The maximum Gasteiger partial charge on any atom is 0.231 e. The molecule has 1 saturated heterocycles. The van der Waals surface area contributed by atoms with E-state index in [4.69, 9.17) is 9.47 Å². The van der Waals surface area contributed by atoms with Crippen LogP contribution in [0.1, 0.15) is 47.7 Å². The Bertz CT molecular complexity index is 1060. The second kappa shape index (κ2) is 7.65. The number of Topliss-reactive ketones (excluding diaryl/α,β-unsaturated/α-hetero) is 1. The Kier molecular flexibility index (Phi) is 4.83. The number of carbonyl (C=O) groups excluding carboxylic acids is 1. The molecule has 5 heteroatoms. The number of allylic oxidation sites excluding steroid dienone is 1. The largest absolute Gasteiger partial charge is 0.507 e. The van der Waals surface area contributed by atoms with Gasteiger partial charge in [0.1, 0.15) is 23.4 Å². The highest BCUT2D eigenvalue weighted by Gasteiger charge is 2.32. The average Bonchev–Trinajstić information content (AvgIpc) is 3.07. The van der Waals surface area contributed by atoms with Gasteiger partial charge in [0.05, 0.1) is 11.1 Å². The number of ketones is 1. The van der Waals surface area contributed by atoms with E-state index < -0.39 is 0 Å². The summed E-state index contributed by atoms with van der Waals surface area (Å²) < 4.78 is 12.0. The van der Waals surface area contributed by atoms with Crippen LogP contribution in [0.4, 0.5) is 0 Å². The lowest BCUT2D eigenvalue weighted by Gasteiger charge is -2.27. The Balaban J connectivity index is 1.46. The van der Waals surface area contributed by atoms with Crippen LogP contribution in [0.15, 0.2) is 53.8 Å². The van der Waals surface area contributed by atoms with Crippen molar-refractivity contribution in [3.63, 3.8) is 0 Å². The summed E-state index contributed by atoms with van der Waals surface area (Å²) in [6.07, 6.45) is 7.18. The van der Waals surface area contributed by atoms with Gasteiger partial charge < -0.3 is 14.6 Å². The molecule has 0 spiro atoms. The van der Waals surface area contributed by atoms with Gasteiger partial charge in [-0.3, -0.25) is 9.69 Å². The third kappa shape index (κ3) is 3.39. The third-order valence-corrected chi connectivity index (χ3v) is 6.06. The summed E-state index contributed by atoms with van der Waals surface area (Å²) in [6.45, 7) is 4.55. The van der Waals surface area contributed by atoms with Gasteiger partial charge in [0.25, 0.3) is 0 Å². The Morgan fingerprint density at radius 2 is 1.93 bits per heavy atom. The van der Waals surface area contributed by atoms with E-state index in [2.05, 4.69) is 4.90 Å². The molecular weight excluding hydrogens is 378 g/mol. The maximum absolute atomic E-state index is 13.0. The van der Waals surface area contributed by atoms with E-state index in [0.717, 1.165) is 42.8 Å². The van der Waals surface area contributed by atoms with Crippen molar-refractivity contribution in [2.75, 3.05) is 13.1 Å². The molecule has 3 heterocycles. The number of carbonyl (C=O) groups is 1. The number of benzene rings is 2. The molecule has 1 N–H and O–H groups in total. The molecule has 0 saturated carbocycles. The van der Waals surface area contributed by atoms with Crippen LogP contribution in [0.2, 0.25) is 0 Å². The van der Waals surface area contributed by atoms with Crippen LogP contribution in [-0.4, -0.2) is 35.0 Å². The van der Waals surface area contributed by atoms with Gasteiger partial charge in [0.15, 0.2) is 5.76 Å². The highest BCUT2D eigenvalue weighted by atomic mass is 16.5. The monoisotopic (exact) mass is 403 g/mol. The van der Waals surface area contributed by atoms with Crippen LogP contribution >= 0.6 is 0 Å². The Hall–Kier alpha value is -3.05. The molecule has 5 rings (SSSR count). The first-order valence-corrected chi connectivity index (χ1v) is 10.6. The number of hydrogen-bond donors (Lipinski definition) is 1. The molecule has 3 aliphatic heterocycles. The van der Waals surface area contributed by atoms with Gasteiger partial charge in [0.2, 0.25) is 5.78 Å². The van der Waals surface area contributed by atoms with Crippen LogP contribution < -0.4 is 9.47 Å². The Labute approximate surface area is 176 Å². The summed E-state index contributed by atoms with van der Waals surface area (Å²) in [4.78, 5) is 15.3. The van der Waals surface area contributed by atoms with Crippen molar-refractivity contribution in [1.29, 1.82) is 0 Å². The minimum Gasteiger partial charge on any atom is -0.507 e. The van der Waals surface area contributed by atoms with Crippen molar-refractivity contribution in [3.8, 4) is 17.2 Å². The second-order valence-corrected chi connectivity index (χ2v) is 8.16. The van der Waals surface area contributed by atoms with E-state index in [1.165, 1.54) is 6.42 Å². The number of fused-ring (bicyclic) bond motifs is 2. The molecule has 1 unspecified atom stereocenters. The molecule has 2 aromatic carbocycles. The molecule has 2 aromatic rings. The molecule has 154 valence electrons. The molecule has 0 aliphatic carbocycles. The predicted molar refractivity (Wildman–Crippen MR) is 115 cm³/mol. The van der Waals surface area contributed by atoms with Crippen molar-refractivity contribution in [2.24, 2.45) is 0 Å². The average molecular weight is 403 g/mol. The van der Waals surface area contributed by atoms with E-state index in [0.29, 0.717) is 23.4 Å². The van der Waals surface area contributed by atoms with Crippen LogP contribution in [0.25, 0.3) is 6.08 Å². The standard InChI is InChI=1S/C25H25NO4/c1-16-18(13-17-7-3-4-8-22(17)29-16)14-23-24(28)19-9-10-21(27)20(25(19)30-23)15-26-11-5-2-6-12-26/h3-4,7-10,13-14,16,27H,2,5-6,11-12,15H2,1H3/b23-14-. The fraction of sp³-hybridized carbons (Fsp3) is 0.320. The molecule has 1 atom stereocenters. The Morgan fingerprint density at radius 3 is 2.77 bits per heavy atom. The smallest absolute Gasteiger partial charge is 0.231 e. The van der Waals surface area contributed by atoms with Crippen molar-refractivity contribution >= 4 is 11.9 Å². The lowest BCUT2D eigenvalue weighted by atomic mass is 10.00. The summed E-state index contributed by atoms with van der Waals surface area (Å²) >= 11 is 0. The number of para-hydroxylation sites is 1. The van der Waals surface area contributed by atoms with E-state index in [1.807, 2.05) is 37.3 Å². The van der Waals surface area contributed by atoms with Crippen molar-refractivity contribution in [3.05, 3.63) is 70.5 Å². The fourth-order valence-corrected chi connectivity index (χ4v) is 4.36. The second-order valence-electron chi connectivity index (χ2n) is 8.16. The van der Waals surface area contributed by atoms with E-state index >= 15 is 0 Å². The summed E-state index contributed by atoms with van der Waals surface area (Å²) in [5.41, 5.74) is 3.07. The van der Waals surface area contributed by atoms with E-state index in [1.54, 1.807) is 18.2 Å². The number of phenols is 1. The minimum atomic E-state index is -0.186. The van der Waals surface area contributed by atoms with Crippen molar-refractivity contribution in [2.45, 2.75) is 38.8 Å². The SMILES string of the molecule is CC1Oc2ccccc2C=C1/C=C1\Oc2c(ccc(O)c2CN2CCCCC2)C1=O. The molecular formula is C25H25NO4. The first-order valence-electron chi connectivity index (χ1n) is 10.6. The predicted octanol–water partition coefficient (Wildman–Crippen LogP) is 4.70. The molecule has 0 amide bonds. The number of ether oxygens (including phenoxy) is 2. The van der Waals surface area contributed by atoms with Crippen LogP contribution in [0.3, 0.4) is 0 Å². The highest BCUT2D eigenvalue weighted by Crippen LogP contribution is 2.41. The van der Waals surface area contributed by atoms with Crippen LogP contribution in [-0.2, 0) is 6.54 Å². The summed E-state index contributed by atoms with van der Waals surface area (Å²) in [7, 11) is 0. The van der Waals surface area contributed by atoms with Gasteiger partial charge in [0, 0.05) is 12.1 Å². The number of hydrogen-bond acceptors (Lipinski definition) is 5. The van der Waals surface area contributed by atoms with Gasteiger partial charge in [-0.15, -0.1) is 0 Å².